The second-order valence-electron chi connectivity index (χ2n) is 8.00. The van der Waals surface area contributed by atoms with Gasteiger partial charge in [0.25, 0.3) is 0 Å². The van der Waals surface area contributed by atoms with E-state index in [0.717, 1.165) is 46.6 Å². The molecule has 164 valence electrons. The highest BCUT2D eigenvalue weighted by molar-refractivity contribution is 6.32. The summed E-state index contributed by atoms with van der Waals surface area (Å²) in [6.45, 7) is 4.70. The van der Waals surface area contributed by atoms with Crippen LogP contribution in [0.4, 0.5) is 16.3 Å². The number of anilines is 2. The Labute approximate surface area is 196 Å². The van der Waals surface area contributed by atoms with Gasteiger partial charge in [0, 0.05) is 48.1 Å². The molecule has 8 heteroatoms. The molecule has 1 saturated heterocycles. The second kappa shape index (κ2) is 8.52. The summed E-state index contributed by atoms with van der Waals surface area (Å²) in [6.07, 6.45) is 2.89. The molecule has 32 heavy (non-hydrogen) atoms. The fourth-order valence-corrected chi connectivity index (χ4v) is 4.58. The molecule has 0 spiro atoms. The SMILES string of the molecule is Cc1c(Cl)cccc1NC(=O)N1CCCN(c2nc3cc(Cl)ccc3n3cccc23)CC1. The average molecular weight is 468 g/mol. The van der Waals surface area contributed by atoms with Crippen molar-refractivity contribution < 1.29 is 4.79 Å². The minimum absolute atomic E-state index is 0.108. The van der Waals surface area contributed by atoms with Crippen molar-refractivity contribution in [1.82, 2.24) is 14.3 Å². The maximum absolute atomic E-state index is 12.9. The molecule has 1 fully saturated rings. The Morgan fingerprint density at radius 1 is 1.00 bits per heavy atom. The summed E-state index contributed by atoms with van der Waals surface area (Å²) < 4.78 is 2.14. The third-order valence-corrected chi connectivity index (χ3v) is 6.64. The first-order chi connectivity index (χ1) is 15.5. The second-order valence-corrected chi connectivity index (χ2v) is 8.85. The van der Waals surface area contributed by atoms with Gasteiger partial charge in [-0.1, -0.05) is 29.3 Å². The van der Waals surface area contributed by atoms with Crippen molar-refractivity contribution in [1.29, 1.82) is 0 Å². The molecule has 2 aromatic heterocycles. The zero-order valence-corrected chi connectivity index (χ0v) is 19.2. The van der Waals surface area contributed by atoms with Crippen molar-refractivity contribution in [3.05, 3.63) is 70.3 Å². The smallest absolute Gasteiger partial charge is 0.321 e. The number of carbonyl (C=O) groups is 1. The Morgan fingerprint density at radius 3 is 2.75 bits per heavy atom. The van der Waals surface area contributed by atoms with Gasteiger partial charge in [-0.3, -0.25) is 0 Å². The zero-order valence-electron chi connectivity index (χ0n) is 17.7. The van der Waals surface area contributed by atoms with Gasteiger partial charge in [0.15, 0.2) is 5.82 Å². The number of carbonyl (C=O) groups excluding carboxylic acids is 1. The van der Waals surface area contributed by atoms with Crippen LogP contribution in [-0.2, 0) is 0 Å². The van der Waals surface area contributed by atoms with Gasteiger partial charge in [0.05, 0.1) is 16.6 Å². The Morgan fingerprint density at radius 2 is 1.88 bits per heavy atom. The molecule has 2 aromatic carbocycles. The van der Waals surface area contributed by atoms with Gasteiger partial charge in [0.1, 0.15) is 0 Å². The van der Waals surface area contributed by atoms with E-state index in [2.05, 4.69) is 20.7 Å². The molecule has 0 atom stereocenters. The standard InChI is InChI=1S/C24H23Cl2N5O/c1-16-18(26)5-2-6-19(16)28-24(32)30-11-4-10-29(13-14-30)23-22-7-3-12-31(22)21-9-8-17(25)15-20(21)27-23/h2-3,5-9,12,15H,4,10-11,13-14H2,1H3,(H,28,32). The van der Waals surface area contributed by atoms with E-state index in [-0.39, 0.29) is 6.03 Å². The molecule has 0 aliphatic carbocycles. The van der Waals surface area contributed by atoms with Crippen LogP contribution in [-0.4, -0.2) is 46.5 Å². The number of halogens is 2. The van der Waals surface area contributed by atoms with E-state index in [4.69, 9.17) is 28.2 Å². The van der Waals surface area contributed by atoms with Gasteiger partial charge in [-0.2, -0.15) is 0 Å². The van der Waals surface area contributed by atoms with E-state index < -0.39 is 0 Å². The fraction of sp³-hybridized carbons (Fsp3) is 0.250. The van der Waals surface area contributed by atoms with E-state index in [1.54, 1.807) is 0 Å². The summed E-state index contributed by atoms with van der Waals surface area (Å²) >= 11 is 12.4. The molecule has 0 unspecified atom stereocenters. The highest BCUT2D eigenvalue weighted by Gasteiger charge is 2.22. The van der Waals surface area contributed by atoms with Crippen molar-refractivity contribution >= 4 is 57.3 Å². The van der Waals surface area contributed by atoms with Gasteiger partial charge < -0.3 is 19.5 Å². The van der Waals surface area contributed by atoms with E-state index in [1.165, 1.54) is 0 Å². The van der Waals surface area contributed by atoms with E-state index >= 15 is 0 Å². The van der Waals surface area contributed by atoms with Gasteiger partial charge in [0.2, 0.25) is 0 Å². The molecule has 0 radical (unpaired) electrons. The zero-order chi connectivity index (χ0) is 22.2. The van der Waals surface area contributed by atoms with E-state index in [9.17, 15) is 4.79 Å². The summed E-state index contributed by atoms with van der Waals surface area (Å²) in [4.78, 5) is 22.0. The molecule has 1 aliphatic rings. The number of nitrogens with zero attached hydrogens (tertiary/aromatic N) is 4. The Hall–Kier alpha value is -2.96. The lowest BCUT2D eigenvalue weighted by Gasteiger charge is -2.24. The molecule has 6 nitrogen and oxygen atoms in total. The highest BCUT2D eigenvalue weighted by atomic mass is 35.5. The van der Waals surface area contributed by atoms with Crippen molar-refractivity contribution in [3.8, 4) is 0 Å². The first-order valence-electron chi connectivity index (χ1n) is 10.6. The van der Waals surface area contributed by atoms with Gasteiger partial charge in [-0.25, -0.2) is 9.78 Å². The topological polar surface area (TPSA) is 52.9 Å². The first-order valence-corrected chi connectivity index (χ1v) is 11.4. The summed E-state index contributed by atoms with van der Waals surface area (Å²) in [7, 11) is 0. The fourth-order valence-electron chi connectivity index (χ4n) is 4.24. The Balaban J connectivity index is 1.38. The molecule has 1 aliphatic heterocycles. The number of benzene rings is 2. The van der Waals surface area contributed by atoms with E-state index in [0.29, 0.717) is 29.7 Å². The Bertz CT molecular complexity index is 1320. The quantitative estimate of drug-likeness (QED) is 0.402. The lowest BCUT2D eigenvalue weighted by Crippen LogP contribution is -2.38. The minimum atomic E-state index is -0.108. The van der Waals surface area contributed by atoms with E-state index in [1.807, 2.05) is 60.5 Å². The van der Waals surface area contributed by atoms with Gasteiger partial charge in [-0.05, 0) is 61.4 Å². The molecule has 4 aromatic rings. The number of hydrogen-bond acceptors (Lipinski definition) is 3. The van der Waals surface area contributed by atoms with Crippen LogP contribution in [0.25, 0.3) is 16.6 Å². The molecule has 2 amide bonds. The Kier molecular flexibility index (Phi) is 5.57. The summed E-state index contributed by atoms with van der Waals surface area (Å²) in [5.74, 6) is 0.915. The summed E-state index contributed by atoms with van der Waals surface area (Å²) in [5, 5.41) is 4.32. The molecule has 0 bridgehead atoms. The lowest BCUT2D eigenvalue weighted by atomic mass is 10.2. The number of aromatic nitrogens is 2. The predicted octanol–water partition coefficient (Wildman–Crippen LogP) is 5.85. The van der Waals surface area contributed by atoms with Crippen LogP contribution in [0.15, 0.2) is 54.7 Å². The lowest BCUT2D eigenvalue weighted by molar-refractivity contribution is 0.215. The third kappa shape index (κ3) is 3.85. The molecule has 3 heterocycles. The number of urea groups is 1. The van der Waals surface area contributed by atoms with Crippen LogP contribution in [0, 0.1) is 6.92 Å². The number of fused-ring (bicyclic) bond motifs is 3. The van der Waals surface area contributed by atoms with Crippen LogP contribution in [0.5, 0.6) is 0 Å². The highest BCUT2D eigenvalue weighted by Crippen LogP contribution is 2.28. The number of rotatable bonds is 2. The normalized spacial score (nSPS) is 14.7. The number of nitrogens with one attached hydrogen (secondary N) is 1. The predicted molar refractivity (Wildman–Crippen MR) is 131 cm³/mol. The monoisotopic (exact) mass is 467 g/mol. The maximum atomic E-state index is 12.9. The number of hydrogen-bond donors (Lipinski definition) is 1. The molecule has 5 rings (SSSR count). The summed E-state index contributed by atoms with van der Waals surface area (Å²) in [5.41, 5.74) is 4.53. The van der Waals surface area contributed by atoms with Crippen LogP contribution >= 0.6 is 23.2 Å². The van der Waals surface area contributed by atoms with Crippen molar-refractivity contribution in [2.45, 2.75) is 13.3 Å². The largest absolute Gasteiger partial charge is 0.353 e. The van der Waals surface area contributed by atoms with Crippen molar-refractivity contribution in [2.75, 3.05) is 36.4 Å². The first kappa shape index (κ1) is 20.9. The maximum Gasteiger partial charge on any atom is 0.321 e. The van der Waals surface area contributed by atoms with Crippen LogP contribution in [0.1, 0.15) is 12.0 Å². The summed E-state index contributed by atoms with van der Waals surface area (Å²) in [6, 6.07) is 15.3. The van der Waals surface area contributed by atoms with Crippen molar-refractivity contribution in [2.24, 2.45) is 0 Å². The number of amides is 2. The van der Waals surface area contributed by atoms with Gasteiger partial charge in [-0.15, -0.1) is 0 Å². The molecular formula is C24H23Cl2N5O. The van der Waals surface area contributed by atoms with Crippen LogP contribution in [0.3, 0.4) is 0 Å². The van der Waals surface area contributed by atoms with Crippen LogP contribution in [0.2, 0.25) is 10.0 Å². The molecular weight excluding hydrogens is 445 g/mol. The van der Waals surface area contributed by atoms with Gasteiger partial charge >= 0.3 is 6.03 Å². The minimum Gasteiger partial charge on any atom is -0.353 e. The van der Waals surface area contributed by atoms with Crippen molar-refractivity contribution in [3.63, 3.8) is 0 Å². The third-order valence-electron chi connectivity index (χ3n) is 5.99. The molecule has 0 saturated carbocycles. The van der Waals surface area contributed by atoms with Crippen LogP contribution < -0.4 is 10.2 Å². The average Bonchev–Trinajstić information content (AvgIpc) is 3.14. The molecule has 1 N–H and O–H groups in total.